The van der Waals surface area contributed by atoms with Crippen LogP contribution in [0.25, 0.3) is 0 Å². The van der Waals surface area contributed by atoms with Crippen LogP contribution in [0.15, 0.2) is 12.5 Å². The van der Waals surface area contributed by atoms with Gasteiger partial charge in [0.25, 0.3) is 0 Å². The number of rotatable bonds is 5. The summed E-state index contributed by atoms with van der Waals surface area (Å²) in [6.07, 6.45) is 4.85. The summed E-state index contributed by atoms with van der Waals surface area (Å²) in [5.41, 5.74) is 6.73. The Bertz CT molecular complexity index is 307. The second-order valence-corrected chi connectivity index (χ2v) is 4.09. The van der Waals surface area contributed by atoms with Gasteiger partial charge in [0.05, 0.1) is 25.2 Å². The highest BCUT2D eigenvalue weighted by atomic mass is 16.5. The molecule has 1 aliphatic rings. The number of nitrogens with zero attached hydrogens (tertiary/aromatic N) is 3. The number of nitrogens with two attached hydrogens (primary N) is 1. The number of hydrogen-bond acceptors (Lipinski definition) is 4. The Morgan fingerprint density at radius 1 is 1.31 bits per heavy atom. The van der Waals surface area contributed by atoms with Crippen molar-refractivity contribution in [3.8, 4) is 0 Å². The van der Waals surface area contributed by atoms with E-state index >= 15 is 0 Å². The van der Waals surface area contributed by atoms with Gasteiger partial charge in [-0.25, -0.2) is 4.98 Å². The van der Waals surface area contributed by atoms with Gasteiger partial charge in [-0.05, 0) is 6.42 Å². The largest absolute Gasteiger partial charge is 0.379 e. The molecule has 0 radical (unpaired) electrons. The third kappa shape index (κ3) is 3.04. The summed E-state index contributed by atoms with van der Waals surface area (Å²) < 4.78 is 7.45. The lowest BCUT2D eigenvalue weighted by Gasteiger charge is -2.26. The van der Waals surface area contributed by atoms with Crippen molar-refractivity contribution in [1.82, 2.24) is 14.5 Å². The second kappa shape index (κ2) is 5.98. The van der Waals surface area contributed by atoms with Crippen molar-refractivity contribution in [2.75, 3.05) is 32.8 Å². The molecular formula is C11H20N4O. The van der Waals surface area contributed by atoms with Gasteiger partial charge in [0.1, 0.15) is 0 Å². The van der Waals surface area contributed by atoms with Crippen molar-refractivity contribution < 1.29 is 4.74 Å². The third-order valence-corrected chi connectivity index (χ3v) is 2.98. The molecule has 90 valence electrons. The Balaban J connectivity index is 1.71. The van der Waals surface area contributed by atoms with Crippen LogP contribution in [0.4, 0.5) is 0 Å². The minimum atomic E-state index is 0.567. The van der Waals surface area contributed by atoms with Crippen LogP contribution in [0.3, 0.4) is 0 Å². The van der Waals surface area contributed by atoms with E-state index in [1.807, 2.05) is 12.5 Å². The predicted molar refractivity (Wildman–Crippen MR) is 62.0 cm³/mol. The molecule has 1 aliphatic heterocycles. The summed E-state index contributed by atoms with van der Waals surface area (Å²) in [7, 11) is 0. The zero-order valence-corrected chi connectivity index (χ0v) is 9.64. The molecule has 16 heavy (non-hydrogen) atoms. The first kappa shape index (κ1) is 11.6. The normalized spacial score (nSPS) is 17.8. The zero-order valence-electron chi connectivity index (χ0n) is 9.64. The molecule has 2 heterocycles. The average Bonchev–Trinajstić information content (AvgIpc) is 2.78. The van der Waals surface area contributed by atoms with Gasteiger partial charge in [0.2, 0.25) is 0 Å². The zero-order chi connectivity index (χ0) is 11.2. The maximum Gasteiger partial charge on any atom is 0.0948 e. The molecule has 2 N–H and O–H groups in total. The van der Waals surface area contributed by atoms with Crippen LogP contribution < -0.4 is 5.73 Å². The van der Waals surface area contributed by atoms with E-state index in [-0.39, 0.29) is 0 Å². The highest BCUT2D eigenvalue weighted by Gasteiger charge is 2.09. The fourth-order valence-corrected chi connectivity index (χ4v) is 2.01. The molecule has 0 bridgehead atoms. The molecule has 5 nitrogen and oxygen atoms in total. The van der Waals surface area contributed by atoms with Gasteiger partial charge in [-0.3, -0.25) is 4.90 Å². The molecule has 0 aliphatic carbocycles. The van der Waals surface area contributed by atoms with E-state index in [0.29, 0.717) is 6.54 Å². The van der Waals surface area contributed by atoms with E-state index in [0.717, 1.165) is 51.5 Å². The quantitative estimate of drug-likeness (QED) is 0.768. The van der Waals surface area contributed by atoms with Crippen molar-refractivity contribution in [3.05, 3.63) is 18.2 Å². The first-order valence-electron chi connectivity index (χ1n) is 5.89. The molecule has 1 fully saturated rings. The molecule has 5 heteroatoms. The molecule has 0 amide bonds. The van der Waals surface area contributed by atoms with E-state index in [1.54, 1.807) is 0 Å². The first-order valence-corrected chi connectivity index (χ1v) is 5.89. The van der Waals surface area contributed by atoms with Crippen molar-refractivity contribution in [2.45, 2.75) is 19.5 Å². The minimum absolute atomic E-state index is 0.567. The van der Waals surface area contributed by atoms with Crippen LogP contribution in [0, 0.1) is 0 Å². The van der Waals surface area contributed by atoms with Crippen LogP contribution in [0.1, 0.15) is 12.1 Å². The lowest BCUT2D eigenvalue weighted by molar-refractivity contribution is 0.0369. The fourth-order valence-electron chi connectivity index (χ4n) is 2.01. The number of aromatic nitrogens is 2. The van der Waals surface area contributed by atoms with Crippen molar-refractivity contribution >= 4 is 0 Å². The Morgan fingerprint density at radius 3 is 2.88 bits per heavy atom. The van der Waals surface area contributed by atoms with Crippen molar-refractivity contribution in [2.24, 2.45) is 5.73 Å². The summed E-state index contributed by atoms with van der Waals surface area (Å²) in [5.74, 6) is 0. The smallest absolute Gasteiger partial charge is 0.0948 e. The molecule has 1 saturated heterocycles. The molecule has 2 rings (SSSR count). The van der Waals surface area contributed by atoms with E-state index in [4.69, 9.17) is 10.5 Å². The SMILES string of the molecule is NCc1cncn1CCCN1CCOCC1. The number of morpholine rings is 1. The molecule has 1 aromatic heterocycles. The van der Waals surface area contributed by atoms with Gasteiger partial charge in [-0.1, -0.05) is 0 Å². The molecule has 0 aromatic carbocycles. The Hall–Kier alpha value is -0.910. The lowest BCUT2D eigenvalue weighted by Crippen LogP contribution is -2.37. The van der Waals surface area contributed by atoms with E-state index in [1.165, 1.54) is 0 Å². The number of aryl methyl sites for hydroxylation is 1. The average molecular weight is 224 g/mol. The lowest BCUT2D eigenvalue weighted by atomic mass is 10.3. The predicted octanol–water partition coefficient (Wildman–Crippen LogP) is 0.0641. The summed E-state index contributed by atoms with van der Waals surface area (Å²) in [6, 6.07) is 0. The number of ether oxygens (including phenoxy) is 1. The molecule has 0 saturated carbocycles. The minimum Gasteiger partial charge on any atom is -0.379 e. The summed E-state index contributed by atoms with van der Waals surface area (Å²) in [6.45, 7) is 6.58. The van der Waals surface area contributed by atoms with E-state index < -0.39 is 0 Å². The molecule has 0 spiro atoms. The number of imidazole rings is 1. The van der Waals surface area contributed by atoms with Gasteiger partial charge >= 0.3 is 0 Å². The first-order chi connectivity index (χ1) is 7.90. The Kier molecular flexibility index (Phi) is 4.33. The maximum absolute atomic E-state index is 5.62. The Labute approximate surface area is 96.2 Å². The van der Waals surface area contributed by atoms with Crippen LogP contribution in [0.5, 0.6) is 0 Å². The fraction of sp³-hybridized carbons (Fsp3) is 0.727. The molecule has 0 atom stereocenters. The maximum atomic E-state index is 5.62. The summed E-state index contributed by atoms with van der Waals surface area (Å²) >= 11 is 0. The van der Waals surface area contributed by atoms with E-state index in [2.05, 4.69) is 14.5 Å². The van der Waals surface area contributed by atoms with Gasteiger partial charge < -0.3 is 15.0 Å². The van der Waals surface area contributed by atoms with Crippen LogP contribution in [-0.2, 0) is 17.8 Å². The monoisotopic (exact) mass is 224 g/mol. The molecular weight excluding hydrogens is 204 g/mol. The Morgan fingerprint density at radius 2 is 2.12 bits per heavy atom. The van der Waals surface area contributed by atoms with Gasteiger partial charge in [0, 0.05) is 38.9 Å². The number of hydrogen-bond donors (Lipinski definition) is 1. The molecule has 0 unspecified atom stereocenters. The van der Waals surface area contributed by atoms with Gasteiger partial charge in [-0.2, -0.15) is 0 Å². The van der Waals surface area contributed by atoms with Crippen molar-refractivity contribution in [3.63, 3.8) is 0 Å². The van der Waals surface area contributed by atoms with Crippen LogP contribution in [0.2, 0.25) is 0 Å². The van der Waals surface area contributed by atoms with Crippen LogP contribution >= 0.6 is 0 Å². The second-order valence-electron chi connectivity index (χ2n) is 4.09. The highest BCUT2D eigenvalue weighted by Crippen LogP contribution is 2.02. The summed E-state index contributed by atoms with van der Waals surface area (Å²) in [5, 5.41) is 0. The van der Waals surface area contributed by atoms with Gasteiger partial charge in [-0.15, -0.1) is 0 Å². The molecule has 1 aromatic rings. The topological polar surface area (TPSA) is 56.3 Å². The van der Waals surface area contributed by atoms with E-state index in [9.17, 15) is 0 Å². The van der Waals surface area contributed by atoms with Gasteiger partial charge in [0.15, 0.2) is 0 Å². The third-order valence-electron chi connectivity index (χ3n) is 2.98. The standard InChI is InChI=1S/C11H20N4O/c12-8-11-9-13-10-15(11)3-1-2-14-4-6-16-7-5-14/h9-10H,1-8,12H2. The van der Waals surface area contributed by atoms with Crippen molar-refractivity contribution in [1.29, 1.82) is 0 Å². The van der Waals surface area contributed by atoms with Crippen LogP contribution in [-0.4, -0.2) is 47.3 Å². The highest BCUT2D eigenvalue weighted by molar-refractivity contribution is 4.96. The summed E-state index contributed by atoms with van der Waals surface area (Å²) in [4.78, 5) is 6.55.